The largest absolute Gasteiger partial charge is 0.353 e. The second kappa shape index (κ2) is 7.91. The zero-order valence-electron chi connectivity index (χ0n) is 16.0. The van der Waals surface area contributed by atoms with E-state index >= 15 is 0 Å². The molecule has 29 heavy (non-hydrogen) atoms. The first-order valence-electron chi connectivity index (χ1n) is 9.66. The fraction of sp³-hybridized carbons (Fsp3) is 0.318. The van der Waals surface area contributed by atoms with Crippen LogP contribution in [-0.4, -0.2) is 30.5 Å². The van der Waals surface area contributed by atoms with Gasteiger partial charge in [-0.1, -0.05) is 0 Å². The van der Waals surface area contributed by atoms with Crippen LogP contribution in [0.1, 0.15) is 30.7 Å². The van der Waals surface area contributed by atoms with Crippen LogP contribution in [0.2, 0.25) is 0 Å². The minimum absolute atomic E-state index is 0.0161. The second-order valence-electron chi connectivity index (χ2n) is 7.52. The molecule has 1 amide bonds. The molecule has 0 unspecified atom stereocenters. The first kappa shape index (κ1) is 19.5. The van der Waals surface area contributed by atoms with Gasteiger partial charge in [0.05, 0.1) is 11.2 Å². The van der Waals surface area contributed by atoms with Gasteiger partial charge >= 0.3 is 0 Å². The van der Waals surface area contributed by atoms with Crippen molar-refractivity contribution in [2.75, 3.05) is 13.6 Å². The SMILES string of the molecule is CNCCC(=O)NC1CC(c2c(-c3ccc(F)cc3)[nH]c3c(F)cc(F)cc23)C1. The Morgan fingerprint density at radius 3 is 2.52 bits per heavy atom. The minimum atomic E-state index is -0.661. The Morgan fingerprint density at radius 1 is 1.10 bits per heavy atom. The first-order chi connectivity index (χ1) is 14.0. The van der Waals surface area contributed by atoms with E-state index in [1.165, 1.54) is 18.2 Å². The number of H-pyrrole nitrogens is 1. The molecule has 1 aromatic heterocycles. The van der Waals surface area contributed by atoms with E-state index in [9.17, 15) is 18.0 Å². The molecule has 0 atom stereocenters. The summed E-state index contributed by atoms with van der Waals surface area (Å²) in [5.74, 6) is -1.64. The standard InChI is InChI=1S/C22H22F3N3O/c1-26-7-6-19(29)27-16-8-13(9-16)20-17-10-15(24)11-18(25)22(17)28-21(20)12-2-4-14(23)5-3-12/h2-5,10-11,13,16,26,28H,6-9H2,1H3,(H,27,29). The molecule has 4 nitrogen and oxygen atoms in total. The zero-order chi connectivity index (χ0) is 20.5. The highest BCUT2D eigenvalue weighted by molar-refractivity contribution is 5.92. The van der Waals surface area contributed by atoms with Crippen LogP contribution in [0.25, 0.3) is 22.2 Å². The minimum Gasteiger partial charge on any atom is -0.353 e. The van der Waals surface area contributed by atoms with E-state index in [1.54, 1.807) is 19.2 Å². The number of rotatable bonds is 6. The molecule has 1 aliphatic rings. The van der Waals surface area contributed by atoms with Crippen LogP contribution in [0, 0.1) is 17.5 Å². The molecule has 2 aromatic carbocycles. The van der Waals surface area contributed by atoms with Gasteiger partial charge in [-0.25, -0.2) is 13.2 Å². The quantitative estimate of drug-likeness (QED) is 0.579. The molecule has 0 aliphatic heterocycles. The highest BCUT2D eigenvalue weighted by Crippen LogP contribution is 2.45. The lowest BCUT2D eigenvalue weighted by Gasteiger charge is -2.36. The Balaban J connectivity index is 1.65. The summed E-state index contributed by atoms with van der Waals surface area (Å²) in [6.07, 6.45) is 1.77. The number of hydrogen-bond acceptors (Lipinski definition) is 2. The molecular formula is C22H22F3N3O. The van der Waals surface area contributed by atoms with Crippen LogP contribution in [0.15, 0.2) is 36.4 Å². The fourth-order valence-electron chi connectivity index (χ4n) is 4.02. The Hall–Kier alpha value is -2.80. The molecule has 0 saturated heterocycles. The number of nitrogens with one attached hydrogen (secondary N) is 3. The number of carbonyl (C=O) groups excluding carboxylic acids is 1. The Morgan fingerprint density at radius 2 is 1.83 bits per heavy atom. The van der Waals surface area contributed by atoms with Crippen molar-refractivity contribution in [2.45, 2.75) is 31.2 Å². The number of fused-ring (bicyclic) bond motifs is 1. The third-order valence-electron chi connectivity index (χ3n) is 5.51. The third-order valence-corrected chi connectivity index (χ3v) is 5.51. The molecule has 1 heterocycles. The maximum absolute atomic E-state index is 14.4. The van der Waals surface area contributed by atoms with E-state index in [2.05, 4.69) is 15.6 Å². The molecule has 0 bridgehead atoms. The van der Waals surface area contributed by atoms with Crippen molar-refractivity contribution in [1.29, 1.82) is 0 Å². The maximum atomic E-state index is 14.4. The van der Waals surface area contributed by atoms with Crippen LogP contribution >= 0.6 is 0 Å². The summed E-state index contributed by atoms with van der Waals surface area (Å²) >= 11 is 0. The average molecular weight is 401 g/mol. The van der Waals surface area contributed by atoms with E-state index in [0.29, 0.717) is 42.5 Å². The lowest BCUT2D eigenvalue weighted by atomic mass is 9.74. The molecule has 1 fully saturated rings. The number of halogens is 3. The third kappa shape index (κ3) is 3.87. The topological polar surface area (TPSA) is 56.9 Å². The second-order valence-corrected chi connectivity index (χ2v) is 7.52. The van der Waals surface area contributed by atoms with Gasteiger partial charge in [-0.05, 0) is 67.3 Å². The van der Waals surface area contributed by atoms with Gasteiger partial charge in [-0.15, -0.1) is 0 Å². The van der Waals surface area contributed by atoms with Crippen molar-refractivity contribution in [3.05, 3.63) is 59.4 Å². The molecule has 0 spiro atoms. The van der Waals surface area contributed by atoms with Gasteiger partial charge in [-0.3, -0.25) is 4.79 Å². The van der Waals surface area contributed by atoms with Gasteiger partial charge in [0, 0.05) is 30.5 Å². The maximum Gasteiger partial charge on any atom is 0.221 e. The van der Waals surface area contributed by atoms with Crippen molar-refractivity contribution < 1.29 is 18.0 Å². The van der Waals surface area contributed by atoms with E-state index in [-0.39, 0.29) is 29.2 Å². The average Bonchev–Trinajstić information content (AvgIpc) is 3.02. The number of hydrogen-bond donors (Lipinski definition) is 3. The molecular weight excluding hydrogens is 379 g/mol. The van der Waals surface area contributed by atoms with E-state index in [1.807, 2.05) is 0 Å². The number of aromatic nitrogens is 1. The number of amides is 1. The van der Waals surface area contributed by atoms with Gasteiger partial charge in [0.1, 0.15) is 17.5 Å². The highest BCUT2D eigenvalue weighted by atomic mass is 19.1. The molecule has 3 aromatic rings. The lowest BCUT2D eigenvalue weighted by molar-refractivity contribution is -0.122. The molecule has 7 heteroatoms. The number of carbonyl (C=O) groups is 1. The predicted molar refractivity (Wildman–Crippen MR) is 106 cm³/mol. The van der Waals surface area contributed by atoms with E-state index in [0.717, 1.165) is 11.6 Å². The summed E-state index contributed by atoms with van der Waals surface area (Å²) in [6, 6.07) is 8.13. The van der Waals surface area contributed by atoms with Gasteiger partial charge < -0.3 is 15.6 Å². The number of benzene rings is 2. The molecule has 3 N–H and O–H groups in total. The monoisotopic (exact) mass is 401 g/mol. The van der Waals surface area contributed by atoms with E-state index in [4.69, 9.17) is 0 Å². The smallest absolute Gasteiger partial charge is 0.221 e. The Kier molecular flexibility index (Phi) is 5.32. The number of aromatic amines is 1. The van der Waals surface area contributed by atoms with Crippen LogP contribution < -0.4 is 10.6 Å². The summed E-state index contributed by atoms with van der Waals surface area (Å²) < 4.78 is 41.7. The summed E-state index contributed by atoms with van der Waals surface area (Å²) in [5, 5.41) is 6.42. The van der Waals surface area contributed by atoms with Crippen molar-refractivity contribution in [3.63, 3.8) is 0 Å². The molecule has 152 valence electrons. The van der Waals surface area contributed by atoms with Gasteiger partial charge in [0.25, 0.3) is 0 Å². The molecule has 1 saturated carbocycles. The van der Waals surface area contributed by atoms with Crippen LogP contribution in [0.4, 0.5) is 13.2 Å². The van der Waals surface area contributed by atoms with Crippen molar-refractivity contribution in [3.8, 4) is 11.3 Å². The van der Waals surface area contributed by atoms with Crippen molar-refractivity contribution in [2.24, 2.45) is 0 Å². The highest BCUT2D eigenvalue weighted by Gasteiger charge is 2.35. The molecule has 0 radical (unpaired) electrons. The lowest BCUT2D eigenvalue weighted by Crippen LogP contribution is -2.44. The Labute approximate surface area is 166 Å². The van der Waals surface area contributed by atoms with Crippen LogP contribution in [-0.2, 0) is 4.79 Å². The summed E-state index contributed by atoms with van der Waals surface area (Å²) in [6.45, 7) is 0.609. The molecule has 4 rings (SSSR count). The predicted octanol–water partition coefficient (Wildman–Crippen LogP) is 4.22. The summed E-state index contributed by atoms with van der Waals surface area (Å²) in [4.78, 5) is 15.0. The van der Waals surface area contributed by atoms with E-state index < -0.39 is 11.6 Å². The fourth-order valence-corrected chi connectivity index (χ4v) is 4.02. The normalized spacial score (nSPS) is 18.6. The first-order valence-corrected chi connectivity index (χ1v) is 9.66. The van der Waals surface area contributed by atoms with Crippen LogP contribution in [0.3, 0.4) is 0 Å². The zero-order valence-corrected chi connectivity index (χ0v) is 16.0. The van der Waals surface area contributed by atoms with Crippen LogP contribution in [0.5, 0.6) is 0 Å². The van der Waals surface area contributed by atoms with Crippen molar-refractivity contribution in [1.82, 2.24) is 15.6 Å². The van der Waals surface area contributed by atoms with Gasteiger partial charge in [-0.2, -0.15) is 0 Å². The van der Waals surface area contributed by atoms with Gasteiger partial charge in [0.15, 0.2) is 0 Å². The van der Waals surface area contributed by atoms with Crippen molar-refractivity contribution >= 4 is 16.8 Å². The molecule has 1 aliphatic carbocycles. The summed E-state index contributed by atoms with van der Waals surface area (Å²) in [7, 11) is 1.79. The Bertz CT molecular complexity index is 1040. The van der Waals surface area contributed by atoms with Gasteiger partial charge in [0.2, 0.25) is 5.91 Å². The summed E-state index contributed by atoms with van der Waals surface area (Å²) in [5.41, 5.74) is 2.42.